The first-order valence-electron chi connectivity index (χ1n) is 6.48. The van der Waals surface area contributed by atoms with E-state index in [1.54, 1.807) is 18.3 Å². The lowest BCUT2D eigenvalue weighted by Crippen LogP contribution is -2.22. The molecule has 0 aliphatic rings. The van der Waals surface area contributed by atoms with Crippen molar-refractivity contribution in [3.63, 3.8) is 0 Å². The molecule has 0 aliphatic heterocycles. The molecular weight excluding hydrogens is 254 g/mol. The largest absolute Gasteiger partial charge is 0.304 e. The molecule has 5 heteroatoms. The number of non-ortho nitro benzene ring substituents is 1. The van der Waals surface area contributed by atoms with Crippen LogP contribution in [0.1, 0.15) is 37.1 Å². The summed E-state index contributed by atoms with van der Waals surface area (Å²) in [4.78, 5) is 14.3. The van der Waals surface area contributed by atoms with Crippen LogP contribution in [-0.4, -0.2) is 9.91 Å². The van der Waals surface area contributed by atoms with Crippen LogP contribution in [0.2, 0.25) is 0 Å². The fourth-order valence-electron chi connectivity index (χ4n) is 2.08. The van der Waals surface area contributed by atoms with Gasteiger partial charge in [-0.05, 0) is 31.0 Å². The summed E-state index contributed by atoms with van der Waals surface area (Å²) in [5.41, 5.74) is 2.24. The summed E-state index contributed by atoms with van der Waals surface area (Å²) in [5, 5.41) is 14.1. The lowest BCUT2D eigenvalue weighted by atomic mass is 10.1. The van der Waals surface area contributed by atoms with Gasteiger partial charge in [-0.1, -0.05) is 18.2 Å². The molecule has 5 nitrogen and oxygen atoms in total. The summed E-state index contributed by atoms with van der Waals surface area (Å²) < 4.78 is 0. The van der Waals surface area contributed by atoms with E-state index in [9.17, 15) is 10.1 Å². The zero-order chi connectivity index (χ0) is 14.5. The number of nitro benzene ring substituents is 1. The van der Waals surface area contributed by atoms with Crippen molar-refractivity contribution in [2.24, 2.45) is 0 Å². The number of nitrogens with one attached hydrogen (secondary N) is 1. The van der Waals surface area contributed by atoms with Crippen molar-refractivity contribution in [2.75, 3.05) is 0 Å². The number of aromatic nitrogens is 1. The van der Waals surface area contributed by atoms with E-state index < -0.39 is 0 Å². The molecule has 0 fully saturated rings. The molecule has 0 radical (unpaired) electrons. The summed E-state index contributed by atoms with van der Waals surface area (Å²) in [6, 6.07) is 10.8. The normalized spacial score (nSPS) is 13.7. The first-order valence-corrected chi connectivity index (χ1v) is 6.48. The van der Waals surface area contributed by atoms with Crippen LogP contribution >= 0.6 is 0 Å². The van der Waals surface area contributed by atoms with Gasteiger partial charge in [0.1, 0.15) is 0 Å². The minimum atomic E-state index is -0.389. The molecule has 1 N–H and O–H groups in total. The Morgan fingerprint density at radius 3 is 2.30 bits per heavy atom. The fraction of sp³-hybridized carbons (Fsp3) is 0.267. The van der Waals surface area contributed by atoms with Crippen LogP contribution in [0.4, 0.5) is 5.69 Å². The van der Waals surface area contributed by atoms with Crippen molar-refractivity contribution in [1.29, 1.82) is 0 Å². The van der Waals surface area contributed by atoms with E-state index in [0.29, 0.717) is 0 Å². The van der Waals surface area contributed by atoms with E-state index in [1.165, 1.54) is 12.1 Å². The van der Waals surface area contributed by atoms with E-state index >= 15 is 0 Å². The highest BCUT2D eigenvalue weighted by Gasteiger charge is 2.12. The van der Waals surface area contributed by atoms with E-state index in [1.807, 2.05) is 25.3 Å². The van der Waals surface area contributed by atoms with Gasteiger partial charge in [-0.3, -0.25) is 15.1 Å². The highest BCUT2D eigenvalue weighted by atomic mass is 16.6. The summed E-state index contributed by atoms with van der Waals surface area (Å²) in [6.45, 7) is 4.10. The Bertz CT molecular complexity index is 569. The SMILES string of the molecule is CC(NC(C)c1cccnc1)c1ccc([N+](=O)[O-])cc1. The zero-order valence-corrected chi connectivity index (χ0v) is 11.5. The number of benzene rings is 1. The molecule has 1 aromatic heterocycles. The number of rotatable bonds is 5. The number of nitro groups is 1. The van der Waals surface area contributed by atoms with E-state index in [0.717, 1.165) is 11.1 Å². The van der Waals surface area contributed by atoms with Gasteiger partial charge in [0.15, 0.2) is 0 Å². The van der Waals surface area contributed by atoms with Gasteiger partial charge in [-0.2, -0.15) is 0 Å². The smallest absolute Gasteiger partial charge is 0.269 e. The molecule has 0 aliphatic carbocycles. The third-order valence-electron chi connectivity index (χ3n) is 3.29. The second kappa shape index (κ2) is 6.25. The molecule has 20 heavy (non-hydrogen) atoms. The van der Waals surface area contributed by atoms with Crippen molar-refractivity contribution < 1.29 is 4.92 Å². The maximum Gasteiger partial charge on any atom is 0.269 e. The maximum absolute atomic E-state index is 10.6. The molecule has 2 atom stereocenters. The molecule has 1 heterocycles. The zero-order valence-electron chi connectivity index (χ0n) is 11.5. The van der Waals surface area contributed by atoms with Crippen molar-refractivity contribution in [3.05, 3.63) is 70.0 Å². The number of hydrogen-bond acceptors (Lipinski definition) is 4. The van der Waals surface area contributed by atoms with Crippen molar-refractivity contribution in [2.45, 2.75) is 25.9 Å². The standard InChI is InChI=1S/C15H17N3O2/c1-11(13-5-7-15(8-6-13)18(19)20)17-12(2)14-4-3-9-16-10-14/h3-12,17H,1-2H3. The molecule has 1 aromatic carbocycles. The Morgan fingerprint density at radius 1 is 1.10 bits per heavy atom. The summed E-state index contributed by atoms with van der Waals surface area (Å²) in [7, 11) is 0. The Balaban J connectivity index is 2.04. The summed E-state index contributed by atoms with van der Waals surface area (Å²) >= 11 is 0. The van der Waals surface area contributed by atoms with Crippen LogP contribution in [0, 0.1) is 10.1 Å². The summed E-state index contributed by atoms with van der Waals surface area (Å²) in [6.07, 6.45) is 3.58. The summed E-state index contributed by atoms with van der Waals surface area (Å²) in [5.74, 6) is 0. The van der Waals surface area contributed by atoms with Gasteiger partial charge in [0.05, 0.1) is 4.92 Å². The first kappa shape index (κ1) is 14.1. The van der Waals surface area contributed by atoms with Crippen LogP contribution in [0.15, 0.2) is 48.8 Å². The topological polar surface area (TPSA) is 68.1 Å². The van der Waals surface area contributed by atoms with Gasteiger partial charge in [-0.25, -0.2) is 0 Å². The number of hydrogen-bond donors (Lipinski definition) is 1. The molecular formula is C15H17N3O2. The lowest BCUT2D eigenvalue weighted by molar-refractivity contribution is -0.384. The third-order valence-corrected chi connectivity index (χ3v) is 3.29. The molecule has 0 amide bonds. The molecule has 0 bridgehead atoms. The fourth-order valence-corrected chi connectivity index (χ4v) is 2.08. The highest BCUT2D eigenvalue weighted by molar-refractivity contribution is 5.34. The van der Waals surface area contributed by atoms with Crippen LogP contribution in [0.3, 0.4) is 0 Å². The van der Waals surface area contributed by atoms with Crippen LogP contribution in [0.25, 0.3) is 0 Å². The monoisotopic (exact) mass is 271 g/mol. The van der Waals surface area contributed by atoms with E-state index in [4.69, 9.17) is 0 Å². The third kappa shape index (κ3) is 3.39. The Labute approximate surface area is 117 Å². The second-order valence-electron chi connectivity index (χ2n) is 4.75. The lowest BCUT2D eigenvalue weighted by Gasteiger charge is -2.20. The molecule has 0 saturated heterocycles. The minimum Gasteiger partial charge on any atom is -0.304 e. The Hall–Kier alpha value is -2.27. The van der Waals surface area contributed by atoms with Gasteiger partial charge in [0.25, 0.3) is 5.69 Å². The van der Waals surface area contributed by atoms with Crippen LogP contribution < -0.4 is 5.32 Å². The molecule has 2 aromatic rings. The van der Waals surface area contributed by atoms with Crippen LogP contribution in [0.5, 0.6) is 0 Å². The Morgan fingerprint density at radius 2 is 1.75 bits per heavy atom. The van der Waals surface area contributed by atoms with Crippen molar-refractivity contribution in [1.82, 2.24) is 10.3 Å². The van der Waals surface area contributed by atoms with Gasteiger partial charge in [-0.15, -0.1) is 0 Å². The minimum absolute atomic E-state index is 0.103. The molecule has 2 rings (SSSR count). The predicted octanol–water partition coefficient (Wildman–Crippen LogP) is 3.40. The second-order valence-corrected chi connectivity index (χ2v) is 4.75. The predicted molar refractivity (Wildman–Crippen MR) is 77.3 cm³/mol. The van der Waals surface area contributed by atoms with Crippen LogP contribution in [-0.2, 0) is 0 Å². The van der Waals surface area contributed by atoms with E-state index in [2.05, 4.69) is 17.2 Å². The molecule has 2 unspecified atom stereocenters. The molecule has 0 spiro atoms. The number of pyridine rings is 1. The average Bonchev–Trinajstić information content (AvgIpc) is 2.48. The quantitative estimate of drug-likeness (QED) is 0.668. The van der Waals surface area contributed by atoms with Crippen molar-refractivity contribution in [3.8, 4) is 0 Å². The maximum atomic E-state index is 10.6. The van der Waals surface area contributed by atoms with Gasteiger partial charge < -0.3 is 5.32 Å². The van der Waals surface area contributed by atoms with Gasteiger partial charge in [0, 0.05) is 36.6 Å². The molecule has 104 valence electrons. The Kier molecular flexibility index (Phi) is 4.42. The average molecular weight is 271 g/mol. The van der Waals surface area contributed by atoms with Gasteiger partial charge in [0.2, 0.25) is 0 Å². The number of nitrogens with zero attached hydrogens (tertiary/aromatic N) is 2. The van der Waals surface area contributed by atoms with Crippen molar-refractivity contribution >= 4 is 5.69 Å². The van der Waals surface area contributed by atoms with Gasteiger partial charge >= 0.3 is 0 Å². The molecule has 0 saturated carbocycles. The highest BCUT2D eigenvalue weighted by Crippen LogP contribution is 2.21. The first-order chi connectivity index (χ1) is 9.58. The van der Waals surface area contributed by atoms with E-state index in [-0.39, 0.29) is 22.7 Å².